The minimum Gasteiger partial charge on any atom is -0.421 e. The normalized spacial score (nSPS) is 16.6. The number of ether oxygens (including phenoxy) is 2. The van der Waals surface area contributed by atoms with Gasteiger partial charge >= 0.3 is 12.2 Å². The van der Waals surface area contributed by atoms with Crippen LogP contribution in [0, 0.1) is 6.92 Å². The summed E-state index contributed by atoms with van der Waals surface area (Å²) in [6.07, 6.45) is -8.58. The van der Waals surface area contributed by atoms with Gasteiger partial charge in [0.15, 0.2) is 23.1 Å². The average molecular weight is 383 g/mol. The van der Waals surface area contributed by atoms with Crippen LogP contribution in [0.25, 0.3) is 0 Å². The van der Waals surface area contributed by atoms with E-state index in [1.807, 2.05) is 0 Å². The second kappa shape index (κ2) is 6.64. The summed E-state index contributed by atoms with van der Waals surface area (Å²) in [5, 5.41) is 0. The molecule has 0 saturated carbocycles. The van der Waals surface area contributed by atoms with Crippen molar-refractivity contribution < 1.29 is 36.6 Å². The molecule has 0 amide bonds. The van der Waals surface area contributed by atoms with Gasteiger partial charge in [0, 0.05) is 24.6 Å². The topological polar surface area (TPSA) is 65.5 Å². The van der Waals surface area contributed by atoms with Gasteiger partial charge in [0.2, 0.25) is 0 Å². The number of aryl methyl sites for hydroxylation is 1. The fourth-order valence-corrected chi connectivity index (χ4v) is 2.51. The number of nitrogens with zero attached hydrogens (tertiary/aromatic N) is 1. The number of halogens is 4. The molecule has 0 spiro atoms. The van der Waals surface area contributed by atoms with Crippen molar-refractivity contribution >= 4 is 11.6 Å². The van der Waals surface area contributed by atoms with E-state index in [0.717, 1.165) is 18.2 Å². The molecule has 0 bridgehead atoms. The number of hydrogen-bond donors (Lipinski definition) is 0. The Kier molecular flexibility index (Phi) is 4.63. The minimum absolute atomic E-state index is 0.0658. The molecule has 0 aliphatic carbocycles. The van der Waals surface area contributed by atoms with Crippen molar-refractivity contribution in [3.63, 3.8) is 0 Å². The SMILES string of the molecule is Cc1cccnc1C(=O)CCC(=O)c1ccc2c(c1)OC(F)(F)C(F)(F)O2. The van der Waals surface area contributed by atoms with Crippen LogP contribution in [0.3, 0.4) is 0 Å². The second-order valence-electron chi connectivity index (χ2n) is 5.91. The fourth-order valence-electron chi connectivity index (χ4n) is 2.51. The Labute approximate surface area is 150 Å². The fraction of sp³-hybridized carbons (Fsp3) is 0.278. The van der Waals surface area contributed by atoms with Gasteiger partial charge in [-0.2, -0.15) is 17.6 Å². The maximum atomic E-state index is 13.2. The van der Waals surface area contributed by atoms with Crippen LogP contribution >= 0.6 is 0 Å². The van der Waals surface area contributed by atoms with Gasteiger partial charge in [-0.3, -0.25) is 14.6 Å². The summed E-state index contributed by atoms with van der Waals surface area (Å²) in [6.45, 7) is 1.71. The molecule has 9 heteroatoms. The van der Waals surface area contributed by atoms with Gasteiger partial charge in [-0.25, -0.2) is 0 Å². The number of ketones is 2. The van der Waals surface area contributed by atoms with Crippen LogP contribution in [-0.2, 0) is 0 Å². The third-order valence-electron chi connectivity index (χ3n) is 3.93. The quantitative estimate of drug-likeness (QED) is 0.572. The highest BCUT2D eigenvalue weighted by Gasteiger charge is 2.65. The predicted molar refractivity (Wildman–Crippen MR) is 84.5 cm³/mol. The molecule has 0 atom stereocenters. The van der Waals surface area contributed by atoms with E-state index in [1.54, 1.807) is 19.1 Å². The molecule has 1 aromatic heterocycles. The summed E-state index contributed by atoms with van der Waals surface area (Å²) in [7, 11) is 0. The van der Waals surface area contributed by atoms with Crippen LogP contribution in [0.4, 0.5) is 17.6 Å². The molecule has 0 unspecified atom stereocenters. The molecule has 27 heavy (non-hydrogen) atoms. The van der Waals surface area contributed by atoms with E-state index in [-0.39, 0.29) is 29.9 Å². The number of alkyl halides is 4. The van der Waals surface area contributed by atoms with Gasteiger partial charge in [0.25, 0.3) is 0 Å². The van der Waals surface area contributed by atoms with Gasteiger partial charge in [-0.05, 0) is 36.8 Å². The number of carbonyl (C=O) groups is 2. The van der Waals surface area contributed by atoms with Crippen molar-refractivity contribution in [2.45, 2.75) is 32.0 Å². The summed E-state index contributed by atoms with van der Waals surface area (Å²) in [5.74, 6) is -2.17. The lowest BCUT2D eigenvalue weighted by atomic mass is 10.0. The number of carbonyl (C=O) groups excluding carboxylic acids is 2. The van der Waals surface area contributed by atoms with E-state index in [1.165, 1.54) is 6.20 Å². The van der Waals surface area contributed by atoms with E-state index >= 15 is 0 Å². The molecular weight excluding hydrogens is 370 g/mol. The maximum absolute atomic E-state index is 13.2. The van der Waals surface area contributed by atoms with Crippen molar-refractivity contribution in [1.29, 1.82) is 0 Å². The summed E-state index contributed by atoms with van der Waals surface area (Å²) >= 11 is 0. The van der Waals surface area contributed by atoms with Crippen LogP contribution in [0.15, 0.2) is 36.5 Å². The predicted octanol–water partition coefficient (Wildman–Crippen LogP) is 4.19. The van der Waals surface area contributed by atoms with Gasteiger partial charge < -0.3 is 9.47 Å². The van der Waals surface area contributed by atoms with Crippen LogP contribution in [0.5, 0.6) is 11.5 Å². The zero-order valence-electron chi connectivity index (χ0n) is 14.0. The first kappa shape index (κ1) is 18.8. The molecule has 5 nitrogen and oxygen atoms in total. The molecule has 2 heterocycles. The van der Waals surface area contributed by atoms with E-state index in [4.69, 9.17) is 0 Å². The van der Waals surface area contributed by atoms with Crippen LogP contribution in [0.2, 0.25) is 0 Å². The van der Waals surface area contributed by atoms with Crippen LogP contribution in [0.1, 0.15) is 39.3 Å². The van der Waals surface area contributed by atoms with Crippen molar-refractivity contribution in [2.75, 3.05) is 0 Å². The molecule has 0 saturated heterocycles. The zero-order valence-corrected chi connectivity index (χ0v) is 14.0. The Morgan fingerprint density at radius 1 is 0.963 bits per heavy atom. The largest absolute Gasteiger partial charge is 0.507 e. The first-order valence-corrected chi connectivity index (χ1v) is 7.86. The van der Waals surface area contributed by atoms with Crippen molar-refractivity contribution in [1.82, 2.24) is 4.98 Å². The summed E-state index contributed by atoms with van der Waals surface area (Å²) < 4.78 is 60.7. The van der Waals surface area contributed by atoms with Gasteiger partial charge in [0.1, 0.15) is 5.69 Å². The molecule has 0 N–H and O–H groups in total. The van der Waals surface area contributed by atoms with Crippen LogP contribution in [-0.4, -0.2) is 28.8 Å². The molecule has 1 aliphatic rings. The lowest BCUT2D eigenvalue weighted by molar-refractivity contribution is -0.391. The smallest absolute Gasteiger partial charge is 0.421 e. The number of aromatic nitrogens is 1. The van der Waals surface area contributed by atoms with E-state index in [2.05, 4.69) is 14.5 Å². The third kappa shape index (κ3) is 3.62. The number of benzene rings is 1. The summed E-state index contributed by atoms with van der Waals surface area (Å²) in [4.78, 5) is 28.3. The van der Waals surface area contributed by atoms with Crippen molar-refractivity contribution in [3.8, 4) is 11.5 Å². The Morgan fingerprint density at radius 2 is 1.59 bits per heavy atom. The lowest BCUT2D eigenvalue weighted by Gasteiger charge is -2.31. The highest BCUT2D eigenvalue weighted by atomic mass is 19.3. The summed E-state index contributed by atoms with van der Waals surface area (Å²) in [5.41, 5.74) is 0.843. The number of Topliss-reactive ketones (excluding diaryl/α,β-unsaturated/α-hetero) is 2. The first-order valence-electron chi connectivity index (χ1n) is 7.86. The minimum atomic E-state index is -4.87. The molecule has 0 fully saturated rings. The van der Waals surface area contributed by atoms with Crippen molar-refractivity contribution in [2.24, 2.45) is 0 Å². The molecular formula is C18H13F4NO4. The molecule has 0 radical (unpaired) electrons. The van der Waals surface area contributed by atoms with E-state index in [0.29, 0.717) is 5.56 Å². The van der Waals surface area contributed by atoms with E-state index < -0.39 is 29.5 Å². The van der Waals surface area contributed by atoms with Gasteiger partial charge in [-0.15, -0.1) is 0 Å². The molecule has 3 rings (SSSR count). The Bertz CT molecular complexity index is 914. The maximum Gasteiger partial charge on any atom is 0.507 e. The van der Waals surface area contributed by atoms with Gasteiger partial charge in [0.05, 0.1) is 0 Å². The Morgan fingerprint density at radius 3 is 2.26 bits per heavy atom. The third-order valence-corrected chi connectivity index (χ3v) is 3.93. The van der Waals surface area contributed by atoms with Gasteiger partial charge in [-0.1, -0.05) is 6.07 Å². The average Bonchev–Trinajstić information content (AvgIpc) is 2.60. The molecule has 142 valence electrons. The number of hydrogen-bond acceptors (Lipinski definition) is 5. The first-order chi connectivity index (χ1) is 12.6. The number of pyridine rings is 1. The Balaban J connectivity index is 1.72. The highest BCUT2D eigenvalue weighted by Crippen LogP contribution is 2.47. The lowest BCUT2D eigenvalue weighted by Crippen LogP contribution is -2.52. The molecule has 1 aromatic carbocycles. The molecule has 1 aliphatic heterocycles. The highest BCUT2D eigenvalue weighted by molar-refractivity contribution is 6.02. The van der Waals surface area contributed by atoms with Crippen LogP contribution < -0.4 is 9.47 Å². The zero-order chi connectivity index (χ0) is 19.8. The standard InChI is InChI=1S/C18H13F4NO4/c1-10-3-2-8-23-16(10)13(25)6-5-12(24)11-4-7-14-15(9-11)27-18(21,22)17(19,20)26-14/h2-4,7-9H,5-6H2,1H3. The van der Waals surface area contributed by atoms with E-state index in [9.17, 15) is 27.2 Å². The number of fused-ring (bicyclic) bond motifs is 1. The molecule has 2 aromatic rings. The van der Waals surface area contributed by atoms with Crippen molar-refractivity contribution in [3.05, 3.63) is 53.3 Å². The Hall–Kier alpha value is -2.97. The monoisotopic (exact) mass is 383 g/mol. The number of rotatable bonds is 5. The summed E-state index contributed by atoms with van der Waals surface area (Å²) in [6, 6.07) is 6.35. The second-order valence-corrected chi connectivity index (χ2v) is 5.91.